The quantitative estimate of drug-likeness (QED) is 0.202. The molecular weight excluding hydrogens is 450 g/mol. The molecule has 3 aromatic carbocycles. The van der Waals surface area contributed by atoms with Crippen molar-refractivity contribution in [2.75, 3.05) is 6.54 Å². The second-order valence-electron chi connectivity index (χ2n) is 7.57. The van der Waals surface area contributed by atoms with Crippen LogP contribution in [0.3, 0.4) is 0 Å². The van der Waals surface area contributed by atoms with E-state index in [1.54, 1.807) is 24.3 Å². The van der Waals surface area contributed by atoms with Crippen molar-refractivity contribution in [3.8, 4) is 17.2 Å². The molecule has 0 spiro atoms. The summed E-state index contributed by atoms with van der Waals surface area (Å²) in [4.78, 5) is 36.6. The minimum Gasteiger partial charge on any atom is -0.460 e. The fraction of sp³-hybridized carbons (Fsp3) is 0.148. The Bertz CT molecular complexity index is 1350. The Morgan fingerprint density at radius 2 is 1.63 bits per heavy atom. The second kappa shape index (κ2) is 11.5. The number of nitrogens with one attached hydrogen (secondary N) is 1. The molecule has 0 aliphatic rings. The van der Waals surface area contributed by atoms with Gasteiger partial charge in [0.2, 0.25) is 11.2 Å². The highest BCUT2D eigenvalue weighted by molar-refractivity contribution is 5.80. The molecule has 1 amide bonds. The second-order valence-corrected chi connectivity index (χ2v) is 7.57. The van der Waals surface area contributed by atoms with Crippen LogP contribution >= 0.6 is 0 Å². The summed E-state index contributed by atoms with van der Waals surface area (Å²) in [6.07, 6.45) is 1.14. The first kappa shape index (κ1) is 23.6. The summed E-state index contributed by atoms with van der Waals surface area (Å²) in [6, 6.07) is 22.7. The number of hydrogen-bond donors (Lipinski definition) is 1. The van der Waals surface area contributed by atoms with Crippen molar-refractivity contribution in [3.05, 3.63) is 101 Å². The number of alkyl carbamates (subject to hydrolysis) is 1. The molecule has 0 unspecified atom stereocenters. The van der Waals surface area contributed by atoms with Gasteiger partial charge in [0.15, 0.2) is 0 Å². The van der Waals surface area contributed by atoms with Gasteiger partial charge in [0.1, 0.15) is 30.0 Å². The van der Waals surface area contributed by atoms with Gasteiger partial charge >= 0.3 is 12.1 Å². The highest BCUT2D eigenvalue weighted by atomic mass is 16.5. The zero-order chi connectivity index (χ0) is 24.5. The number of fused-ring (bicyclic) bond motifs is 1. The number of para-hydroxylation sites is 1. The molecule has 1 heterocycles. The van der Waals surface area contributed by atoms with Crippen molar-refractivity contribution in [1.29, 1.82) is 0 Å². The molecule has 0 fully saturated rings. The van der Waals surface area contributed by atoms with Crippen LogP contribution in [0.4, 0.5) is 4.79 Å². The Hall–Kier alpha value is -4.59. The molecule has 0 aliphatic carbocycles. The van der Waals surface area contributed by atoms with E-state index < -0.39 is 12.1 Å². The van der Waals surface area contributed by atoms with E-state index in [-0.39, 0.29) is 42.1 Å². The molecule has 4 aromatic rings. The largest absolute Gasteiger partial charge is 0.460 e. The normalized spacial score (nSPS) is 10.5. The maximum atomic E-state index is 12.7. The van der Waals surface area contributed by atoms with Crippen molar-refractivity contribution in [2.45, 2.75) is 19.4 Å². The third kappa shape index (κ3) is 6.70. The smallest absolute Gasteiger partial charge is 0.407 e. The number of carbonyl (C=O) groups excluding carboxylic acids is 2. The van der Waals surface area contributed by atoms with Crippen LogP contribution in [0.1, 0.15) is 18.4 Å². The molecule has 0 saturated heterocycles. The van der Waals surface area contributed by atoms with Gasteiger partial charge in [-0.3, -0.25) is 9.59 Å². The van der Waals surface area contributed by atoms with E-state index in [1.807, 2.05) is 36.4 Å². The fourth-order valence-electron chi connectivity index (χ4n) is 3.22. The number of ether oxygens (including phenoxy) is 3. The highest BCUT2D eigenvalue weighted by Gasteiger charge is 2.12. The van der Waals surface area contributed by atoms with E-state index in [2.05, 4.69) is 5.32 Å². The molecule has 0 saturated carbocycles. The summed E-state index contributed by atoms with van der Waals surface area (Å²) >= 11 is 0. The van der Waals surface area contributed by atoms with Crippen LogP contribution in [0.2, 0.25) is 0 Å². The first-order valence-electron chi connectivity index (χ1n) is 11.0. The molecule has 4 rings (SSSR count). The van der Waals surface area contributed by atoms with E-state index in [9.17, 15) is 14.4 Å². The summed E-state index contributed by atoms with van der Waals surface area (Å²) in [7, 11) is 0. The molecule has 8 heteroatoms. The Morgan fingerprint density at radius 1 is 0.886 bits per heavy atom. The van der Waals surface area contributed by atoms with E-state index in [1.165, 1.54) is 24.5 Å². The lowest BCUT2D eigenvalue weighted by atomic mass is 10.2. The van der Waals surface area contributed by atoms with Gasteiger partial charge in [0, 0.05) is 19.0 Å². The maximum Gasteiger partial charge on any atom is 0.407 e. The zero-order valence-corrected chi connectivity index (χ0v) is 18.8. The summed E-state index contributed by atoms with van der Waals surface area (Å²) in [5.74, 6) is 0.347. The minimum absolute atomic E-state index is 0.0586. The van der Waals surface area contributed by atoms with Crippen LogP contribution in [0, 0.1) is 0 Å². The van der Waals surface area contributed by atoms with Crippen LogP contribution in [0.25, 0.3) is 11.0 Å². The SMILES string of the molecule is O=C(CCCNC(=O)OCc1ccccc1)Oc1ccc2c(=O)c(Oc3ccccc3)coc2c1. The molecule has 8 nitrogen and oxygen atoms in total. The zero-order valence-electron chi connectivity index (χ0n) is 18.8. The summed E-state index contributed by atoms with van der Waals surface area (Å²) in [6.45, 7) is 0.437. The third-order valence-electron chi connectivity index (χ3n) is 4.96. The highest BCUT2D eigenvalue weighted by Crippen LogP contribution is 2.24. The van der Waals surface area contributed by atoms with Crippen molar-refractivity contribution >= 4 is 23.0 Å². The van der Waals surface area contributed by atoms with Gasteiger partial charge in [-0.15, -0.1) is 0 Å². The summed E-state index contributed by atoms with van der Waals surface area (Å²) in [5.41, 5.74) is 0.819. The van der Waals surface area contributed by atoms with Gasteiger partial charge in [-0.1, -0.05) is 48.5 Å². The van der Waals surface area contributed by atoms with Crippen LogP contribution in [-0.2, 0) is 16.1 Å². The van der Waals surface area contributed by atoms with Crippen molar-refractivity contribution in [3.63, 3.8) is 0 Å². The monoisotopic (exact) mass is 473 g/mol. The molecule has 1 aromatic heterocycles. The van der Waals surface area contributed by atoms with E-state index in [0.717, 1.165) is 5.56 Å². The minimum atomic E-state index is -0.553. The standard InChI is InChI=1S/C27H23NO7/c29-25(12-7-15-28-27(31)33-17-19-8-3-1-4-9-19)35-21-13-14-22-23(16-21)32-18-24(26(22)30)34-20-10-5-2-6-11-20/h1-6,8-11,13-14,16,18H,7,12,15,17H2,(H,28,31). The van der Waals surface area contributed by atoms with E-state index >= 15 is 0 Å². The number of carbonyl (C=O) groups is 2. The van der Waals surface area contributed by atoms with Gasteiger partial charge in [-0.2, -0.15) is 0 Å². The number of rotatable bonds is 9. The molecule has 178 valence electrons. The lowest BCUT2D eigenvalue weighted by molar-refractivity contribution is -0.134. The predicted octanol–water partition coefficient (Wildman–Crippen LogP) is 5.20. The van der Waals surface area contributed by atoms with Gasteiger partial charge in [0.05, 0.1) is 5.39 Å². The molecule has 1 N–H and O–H groups in total. The lowest BCUT2D eigenvalue weighted by Crippen LogP contribution is -2.26. The third-order valence-corrected chi connectivity index (χ3v) is 4.96. The molecule has 35 heavy (non-hydrogen) atoms. The van der Waals surface area contributed by atoms with Gasteiger partial charge in [-0.25, -0.2) is 4.79 Å². The van der Waals surface area contributed by atoms with Crippen molar-refractivity contribution in [2.24, 2.45) is 0 Å². The number of benzene rings is 3. The Labute approximate surface area is 201 Å². The van der Waals surface area contributed by atoms with Crippen molar-refractivity contribution < 1.29 is 28.2 Å². The average Bonchev–Trinajstić information content (AvgIpc) is 2.88. The van der Waals surface area contributed by atoms with Crippen LogP contribution in [0.5, 0.6) is 17.2 Å². The Kier molecular flexibility index (Phi) is 7.75. The molecule has 0 radical (unpaired) electrons. The Balaban J connectivity index is 1.24. The topological polar surface area (TPSA) is 104 Å². The molecule has 0 aliphatic heterocycles. The lowest BCUT2D eigenvalue weighted by Gasteiger charge is -2.08. The molecular formula is C27H23NO7. The first-order chi connectivity index (χ1) is 17.1. The van der Waals surface area contributed by atoms with Crippen LogP contribution in [0.15, 0.2) is 94.3 Å². The molecule has 0 atom stereocenters. The van der Waals surface area contributed by atoms with Crippen molar-refractivity contribution in [1.82, 2.24) is 5.32 Å². The summed E-state index contributed by atoms with van der Waals surface area (Å²) < 4.78 is 21.5. The number of esters is 1. The van der Waals surface area contributed by atoms with Gasteiger partial charge in [-0.05, 0) is 36.2 Å². The van der Waals surface area contributed by atoms with E-state index in [4.69, 9.17) is 18.6 Å². The average molecular weight is 473 g/mol. The van der Waals surface area contributed by atoms with Gasteiger partial charge < -0.3 is 23.9 Å². The fourth-order valence-corrected chi connectivity index (χ4v) is 3.22. The maximum absolute atomic E-state index is 12.7. The van der Waals surface area contributed by atoms with E-state index in [0.29, 0.717) is 17.6 Å². The molecule has 0 bridgehead atoms. The predicted molar refractivity (Wildman–Crippen MR) is 128 cm³/mol. The number of amides is 1. The Morgan fingerprint density at radius 3 is 2.40 bits per heavy atom. The first-order valence-corrected chi connectivity index (χ1v) is 11.0. The summed E-state index contributed by atoms with van der Waals surface area (Å²) in [5, 5.41) is 2.90. The van der Waals surface area contributed by atoms with Crippen LogP contribution < -0.4 is 20.2 Å². The van der Waals surface area contributed by atoms with Gasteiger partial charge in [0.25, 0.3) is 0 Å². The number of hydrogen-bond acceptors (Lipinski definition) is 7. The van der Waals surface area contributed by atoms with Crippen LogP contribution in [-0.4, -0.2) is 18.6 Å².